The highest BCUT2D eigenvalue weighted by atomic mass is 16.2. The van der Waals surface area contributed by atoms with E-state index in [9.17, 15) is 9.59 Å². The van der Waals surface area contributed by atoms with Crippen molar-refractivity contribution in [3.8, 4) is 0 Å². The second-order valence-electron chi connectivity index (χ2n) is 8.71. The van der Waals surface area contributed by atoms with E-state index in [0.29, 0.717) is 17.7 Å². The van der Waals surface area contributed by atoms with E-state index in [1.54, 1.807) is 7.05 Å². The van der Waals surface area contributed by atoms with E-state index in [1.807, 2.05) is 16.7 Å². The number of hydrogen-bond donors (Lipinski definition) is 0. The molecule has 0 bridgehead atoms. The molecule has 4 rings (SSSR count). The van der Waals surface area contributed by atoms with Crippen LogP contribution in [-0.4, -0.2) is 31.8 Å². The van der Waals surface area contributed by atoms with Gasteiger partial charge >= 0.3 is 5.69 Å². The number of anilines is 1. The normalized spacial score (nSPS) is 11.5. The van der Waals surface area contributed by atoms with E-state index in [4.69, 9.17) is 4.98 Å². The summed E-state index contributed by atoms with van der Waals surface area (Å²) in [7, 11) is 3.22. The number of nitrogens with zero attached hydrogens (tertiary/aromatic N) is 5. The lowest BCUT2D eigenvalue weighted by atomic mass is 10.0. The molecule has 0 N–H and O–H groups in total. The molecule has 0 radical (unpaired) electrons. The summed E-state index contributed by atoms with van der Waals surface area (Å²) < 4.78 is 4.68. The van der Waals surface area contributed by atoms with Crippen LogP contribution in [0, 0.1) is 0 Å². The van der Waals surface area contributed by atoms with Crippen molar-refractivity contribution in [2.75, 3.05) is 18.0 Å². The number of aromatic nitrogens is 4. The molecule has 0 fully saturated rings. The summed E-state index contributed by atoms with van der Waals surface area (Å²) in [5.41, 5.74) is 1.37. The molecule has 0 spiro atoms. The van der Waals surface area contributed by atoms with Gasteiger partial charge in [-0.3, -0.25) is 18.5 Å². The van der Waals surface area contributed by atoms with Crippen LogP contribution in [0.5, 0.6) is 0 Å². The predicted molar refractivity (Wildman–Crippen MR) is 135 cm³/mol. The van der Waals surface area contributed by atoms with Gasteiger partial charge in [-0.15, -0.1) is 0 Å². The third-order valence-electron chi connectivity index (χ3n) is 6.38. The number of fused-ring (bicyclic) bond motifs is 2. The van der Waals surface area contributed by atoms with E-state index in [1.165, 1.54) is 16.2 Å². The highest BCUT2D eigenvalue weighted by Crippen LogP contribution is 2.25. The number of aryl methyl sites for hydroxylation is 1. The molecule has 0 amide bonds. The molecular formula is C26H33N5O2. The SMILES string of the molecule is CCCCN(CCCC)c1nc2c(c(=O)n(C)c(=O)n2C)n1Cc1cccc2ccccc12. The van der Waals surface area contributed by atoms with Gasteiger partial charge in [0, 0.05) is 27.2 Å². The zero-order chi connectivity index (χ0) is 23.5. The monoisotopic (exact) mass is 447 g/mol. The van der Waals surface area contributed by atoms with Crippen LogP contribution in [0.25, 0.3) is 21.9 Å². The quantitative estimate of drug-likeness (QED) is 0.388. The summed E-state index contributed by atoms with van der Waals surface area (Å²) in [6.07, 6.45) is 4.23. The van der Waals surface area contributed by atoms with Gasteiger partial charge in [0.2, 0.25) is 5.95 Å². The summed E-state index contributed by atoms with van der Waals surface area (Å²) in [5.74, 6) is 0.762. The van der Waals surface area contributed by atoms with Crippen LogP contribution in [0.15, 0.2) is 52.1 Å². The summed E-state index contributed by atoms with van der Waals surface area (Å²) in [4.78, 5) is 33.1. The summed E-state index contributed by atoms with van der Waals surface area (Å²) in [6.45, 7) is 6.59. The number of unbranched alkanes of at least 4 members (excludes halogenated alkanes) is 2. The first-order valence-electron chi connectivity index (χ1n) is 11.9. The largest absolute Gasteiger partial charge is 0.342 e. The van der Waals surface area contributed by atoms with Crippen LogP contribution >= 0.6 is 0 Å². The molecule has 2 aromatic carbocycles. The minimum Gasteiger partial charge on any atom is -0.342 e. The predicted octanol–water partition coefficient (Wildman–Crippen LogP) is 4.04. The van der Waals surface area contributed by atoms with E-state index < -0.39 is 0 Å². The van der Waals surface area contributed by atoms with Crippen LogP contribution in [-0.2, 0) is 20.6 Å². The maximum absolute atomic E-state index is 13.3. The van der Waals surface area contributed by atoms with Gasteiger partial charge in [-0.05, 0) is 29.2 Å². The Morgan fingerprint density at radius 2 is 1.55 bits per heavy atom. The Kier molecular flexibility index (Phi) is 6.67. The van der Waals surface area contributed by atoms with Crippen molar-refractivity contribution in [1.29, 1.82) is 0 Å². The van der Waals surface area contributed by atoms with E-state index >= 15 is 0 Å². The van der Waals surface area contributed by atoms with Gasteiger partial charge < -0.3 is 4.90 Å². The molecule has 0 saturated carbocycles. The first-order valence-corrected chi connectivity index (χ1v) is 11.9. The van der Waals surface area contributed by atoms with Crippen molar-refractivity contribution in [2.24, 2.45) is 14.1 Å². The molecule has 2 heterocycles. The second kappa shape index (κ2) is 9.65. The topological polar surface area (TPSA) is 65.1 Å². The van der Waals surface area contributed by atoms with Crippen molar-refractivity contribution in [3.63, 3.8) is 0 Å². The van der Waals surface area contributed by atoms with E-state index in [0.717, 1.165) is 61.1 Å². The molecule has 0 aliphatic carbocycles. The Hall–Kier alpha value is -3.35. The Bertz CT molecular complexity index is 1380. The third-order valence-corrected chi connectivity index (χ3v) is 6.38. The molecule has 2 aromatic heterocycles. The van der Waals surface area contributed by atoms with Gasteiger partial charge in [-0.1, -0.05) is 69.2 Å². The smallest absolute Gasteiger partial charge is 0.332 e. The molecule has 4 aromatic rings. The molecule has 0 aliphatic rings. The maximum atomic E-state index is 13.3. The minimum atomic E-state index is -0.359. The van der Waals surface area contributed by atoms with Crippen LogP contribution < -0.4 is 16.1 Å². The third kappa shape index (κ3) is 4.19. The van der Waals surface area contributed by atoms with Crippen molar-refractivity contribution < 1.29 is 0 Å². The van der Waals surface area contributed by atoms with Gasteiger partial charge in [0.15, 0.2) is 11.2 Å². The van der Waals surface area contributed by atoms with Gasteiger partial charge in [0.1, 0.15) is 0 Å². The van der Waals surface area contributed by atoms with Crippen LogP contribution in [0.1, 0.15) is 45.1 Å². The van der Waals surface area contributed by atoms with Gasteiger partial charge in [0.05, 0.1) is 6.54 Å². The molecule has 7 nitrogen and oxygen atoms in total. The van der Waals surface area contributed by atoms with E-state index in [2.05, 4.69) is 49.1 Å². The highest BCUT2D eigenvalue weighted by molar-refractivity contribution is 5.86. The van der Waals surface area contributed by atoms with Gasteiger partial charge in [-0.2, -0.15) is 4.98 Å². The molecule has 0 saturated heterocycles. The van der Waals surface area contributed by atoms with Crippen LogP contribution in [0.4, 0.5) is 5.95 Å². The number of imidazole rings is 1. The highest BCUT2D eigenvalue weighted by Gasteiger charge is 2.23. The average Bonchev–Trinajstić information content (AvgIpc) is 3.21. The first kappa shape index (κ1) is 22.8. The lowest BCUT2D eigenvalue weighted by molar-refractivity contribution is 0.645. The Morgan fingerprint density at radius 3 is 2.24 bits per heavy atom. The van der Waals surface area contributed by atoms with Crippen LogP contribution in [0.3, 0.4) is 0 Å². The Morgan fingerprint density at radius 1 is 0.879 bits per heavy atom. The molecule has 7 heteroatoms. The van der Waals surface area contributed by atoms with Crippen molar-refractivity contribution >= 4 is 27.9 Å². The van der Waals surface area contributed by atoms with Gasteiger partial charge in [0.25, 0.3) is 5.56 Å². The number of rotatable bonds is 9. The number of benzene rings is 2. The lowest BCUT2D eigenvalue weighted by Crippen LogP contribution is -2.37. The molecule has 174 valence electrons. The molecule has 0 unspecified atom stereocenters. The molecule has 33 heavy (non-hydrogen) atoms. The molecule has 0 aliphatic heterocycles. The Labute approximate surface area is 193 Å². The average molecular weight is 448 g/mol. The fourth-order valence-corrected chi connectivity index (χ4v) is 4.44. The fourth-order valence-electron chi connectivity index (χ4n) is 4.44. The van der Waals surface area contributed by atoms with Crippen molar-refractivity contribution in [3.05, 3.63) is 68.9 Å². The molecular weight excluding hydrogens is 414 g/mol. The fraction of sp³-hybridized carbons (Fsp3) is 0.423. The van der Waals surface area contributed by atoms with Crippen molar-refractivity contribution in [2.45, 2.75) is 46.1 Å². The van der Waals surface area contributed by atoms with Crippen molar-refractivity contribution in [1.82, 2.24) is 18.7 Å². The minimum absolute atomic E-state index is 0.307. The zero-order valence-electron chi connectivity index (χ0n) is 20.0. The summed E-state index contributed by atoms with van der Waals surface area (Å²) >= 11 is 0. The molecule has 0 atom stereocenters. The summed E-state index contributed by atoms with van der Waals surface area (Å²) in [6, 6.07) is 14.5. The summed E-state index contributed by atoms with van der Waals surface area (Å²) in [5, 5.41) is 2.32. The lowest BCUT2D eigenvalue weighted by Gasteiger charge is -2.24. The van der Waals surface area contributed by atoms with E-state index in [-0.39, 0.29) is 11.2 Å². The maximum Gasteiger partial charge on any atom is 0.332 e. The Balaban J connectivity index is 1.98. The first-order chi connectivity index (χ1) is 16.0. The second-order valence-corrected chi connectivity index (χ2v) is 8.71. The van der Waals surface area contributed by atoms with Gasteiger partial charge in [-0.25, -0.2) is 4.79 Å². The standard InChI is InChI=1S/C26H33N5O2/c1-5-7-16-30(17-8-6-2)25-27-23-22(24(32)29(4)26(33)28(23)3)31(25)18-20-14-11-13-19-12-9-10-15-21(19)20/h9-15H,5-8,16-18H2,1-4H3. The number of hydrogen-bond acceptors (Lipinski definition) is 4. The van der Waals surface area contributed by atoms with Crippen LogP contribution in [0.2, 0.25) is 0 Å². The zero-order valence-corrected chi connectivity index (χ0v) is 20.0.